The second-order valence-electron chi connectivity index (χ2n) is 6.00. The summed E-state index contributed by atoms with van der Waals surface area (Å²) in [7, 11) is 0. The topological polar surface area (TPSA) is 53.4 Å². The standard InChI is InChI=1S/C18H19ClN2O2S/c19-15-5-3-13(4-6-15)2-1-8-21-9-7-14(11-21)10-17-20-16(12-24-17)18(22)23/h1-6,12,14H,7-11H2,(H,22,23)/b2-1+. The van der Waals surface area contributed by atoms with Gasteiger partial charge in [0.2, 0.25) is 0 Å². The third-order valence-corrected chi connectivity index (χ3v) is 5.27. The molecule has 1 aromatic carbocycles. The maximum absolute atomic E-state index is 10.9. The van der Waals surface area contributed by atoms with E-state index in [1.165, 1.54) is 11.3 Å². The van der Waals surface area contributed by atoms with Crippen LogP contribution in [0.15, 0.2) is 35.7 Å². The highest BCUT2D eigenvalue weighted by atomic mass is 35.5. The Morgan fingerprint density at radius 3 is 2.92 bits per heavy atom. The van der Waals surface area contributed by atoms with Crippen LogP contribution in [0, 0.1) is 5.92 Å². The van der Waals surface area contributed by atoms with Gasteiger partial charge in [0.15, 0.2) is 5.69 Å². The summed E-state index contributed by atoms with van der Waals surface area (Å²) in [5.41, 5.74) is 1.31. The van der Waals surface area contributed by atoms with Crippen molar-refractivity contribution in [1.29, 1.82) is 0 Å². The van der Waals surface area contributed by atoms with Crippen molar-refractivity contribution < 1.29 is 9.90 Å². The van der Waals surface area contributed by atoms with Gasteiger partial charge < -0.3 is 5.11 Å². The van der Waals surface area contributed by atoms with Gasteiger partial charge in [-0.15, -0.1) is 11.3 Å². The van der Waals surface area contributed by atoms with Gasteiger partial charge in [0.05, 0.1) is 5.01 Å². The van der Waals surface area contributed by atoms with Crippen LogP contribution in [0.4, 0.5) is 0 Å². The van der Waals surface area contributed by atoms with Gasteiger partial charge in [-0.05, 0) is 36.6 Å². The molecule has 2 heterocycles. The fourth-order valence-electron chi connectivity index (χ4n) is 2.91. The normalized spacial score (nSPS) is 18.5. The van der Waals surface area contributed by atoms with Crippen molar-refractivity contribution in [1.82, 2.24) is 9.88 Å². The Balaban J connectivity index is 1.46. The largest absolute Gasteiger partial charge is 0.476 e. The van der Waals surface area contributed by atoms with Crippen molar-refractivity contribution in [2.75, 3.05) is 19.6 Å². The molecule has 1 saturated heterocycles. The summed E-state index contributed by atoms with van der Waals surface area (Å²) in [5, 5.41) is 12.2. The zero-order valence-electron chi connectivity index (χ0n) is 13.2. The van der Waals surface area contributed by atoms with Crippen LogP contribution in [-0.4, -0.2) is 40.6 Å². The Bertz CT molecular complexity index is 727. The van der Waals surface area contributed by atoms with E-state index in [-0.39, 0.29) is 5.69 Å². The minimum absolute atomic E-state index is 0.163. The molecule has 0 radical (unpaired) electrons. The fraction of sp³-hybridized carbons (Fsp3) is 0.333. The van der Waals surface area contributed by atoms with Crippen LogP contribution in [0.2, 0.25) is 5.02 Å². The highest BCUT2D eigenvalue weighted by Gasteiger charge is 2.23. The summed E-state index contributed by atoms with van der Waals surface area (Å²) in [6.07, 6.45) is 6.30. The quantitative estimate of drug-likeness (QED) is 0.841. The molecule has 1 unspecified atom stereocenters. The predicted molar refractivity (Wildman–Crippen MR) is 97.8 cm³/mol. The summed E-state index contributed by atoms with van der Waals surface area (Å²) in [4.78, 5) is 17.5. The maximum atomic E-state index is 10.9. The smallest absolute Gasteiger partial charge is 0.355 e. The lowest BCUT2D eigenvalue weighted by Crippen LogP contribution is -2.21. The molecule has 1 N–H and O–H groups in total. The van der Waals surface area contributed by atoms with Crippen LogP contribution < -0.4 is 0 Å². The number of rotatable bonds is 6. The van der Waals surface area contributed by atoms with E-state index in [1.54, 1.807) is 5.38 Å². The first kappa shape index (κ1) is 17.1. The Kier molecular flexibility index (Phi) is 5.66. The van der Waals surface area contributed by atoms with Crippen LogP contribution in [0.1, 0.15) is 27.5 Å². The first-order valence-corrected chi connectivity index (χ1v) is 9.18. The average molecular weight is 363 g/mol. The van der Waals surface area contributed by atoms with E-state index in [0.29, 0.717) is 5.92 Å². The van der Waals surface area contributed by atoms with Gasteiger partial charge in [0, 0.05) is 29.9 Å². The van der Waals surface area contributed by atoms with Crippen LogP contribution in [-0.2, 0) is 6.42 Å². The van der Waals surface area contributed by atoms with E-state index in [9.17, 15) is 4.79 Å². The van der Waals surface area contributed by atoms with Crippen molar-refractivity contribution >= 4 is 35.0 Å². The SMILES string of the molecule is O=C(O)c1csc(CC2CCN(C/C=C/c3ccc(Cl)cc3)C2)n1. The molecular formula is C18H19ClN2O2S. The Morgan fingerprint density at radius 1 is 1.42 bits per heavy atom. The maximum Gasteiger partial charge on any atom is 0.355 e. The molecule has 1 fully saturated rings. The molecule has 1 aliphatic heterocycles. The van der Waals surface area contributed by atoms with Gasteiger partial charge in [0.25, 0.3) is 0 Å². The molecule has 126 valence electrons. The van der Waals surface area contributed by atoms with E-state index in [1.807, 2.05) is 24.3 Å². The number of thiazole rings is 1. The van der Waals surface area contributed by atoms with Crippen LogP contribution in [0.5, 0.6) is 0 Å². The molecule has 6 heteroatoms. The molecule has 1 atom stereocenters. The van der Waals surface area contributed by atoms with Gasteiger partial charge in [0.1, 0.15) is 0 Å². The molecule has 1 aliphatic rings. The van der Waals surface area contributed by atoms with E-state index in [4.69, 9.17) is 16.7 Å². The van der Waals surface area contributed by atoms with Gasteiger partial charge >= 0.3 is 5.97 Å². The number of carboxylic acid groups (broad SMARTS) is 1. The number of halogens is 1. The monoisotopic (exact) mass is 362 g/mol. The van der Waals surface area contributed by atoms with Gasteiger partial charge in [-0.3, -0.25) is 4.90 Å². The molecular weight excluding hydrogens is 344 g/mol. The van der Waals surface area contributed by atoms with E-state index >= 15 is 0 Å². The summed E-state index contributed by atoms with van der Waals surface area (Å²) >= 11 is 7.33. The first-order chi connectivity index (χ1) is 11.6. The second kappa shape index (κ2) is 7.92. The molecule has 24 heavy (non-hydrogen) atoms. The van der Waals surface area contributed by atoms with E-state index < -0.39 is 5.97 Å². The summed E-state index contributed by atoms with van der Waals surface area (Å²) in [6.45, 7) is 3.04. The van der Waals surface area contributed by atoms with Gasteiger partial charge in [-0.1, -0.05) is 35.9 Å². The summed E-state index contributed by atoms with van der Waals surface area (Å²) < 4.78 is 0. The molecule has 0 saturated carbocycles. The van der Waals surface area contributed by atoms with Gasteiger partial charge in [-0.25, -0.2) is 9.78 Å². The average Bonchev–Trinajstić information content (AvgIpc) is 3.19. The number of aromatic nitrogens is 1. The third-order valence-electron chi connectivity index (χ3n) is 4.15. The van der Waals surface area contributed by atoms with Crippen molar-refractivity contribution in [2.45, 2.75) is 12.8 Å². The van der Waals surface area contributed by atoms with Crippen molar-refractivity contribution in [3.05, 3.63) is 57.0 Å². The number of carbonyl (C=O) groups is 1. The predicted octanol–water partition coefficient (Wildman–Crippen LogP) is 4.07. The number of hydrogen-bond donors (Lipinski definition) is 1. The number of carboxylic acids is 1. The lowest BCUT2D eigenvalue weighted by molar-refractivity contribution is 0.0691. The number of likely N-dealkylation sites (tertiary alicyclic amines) is 1. The molecule has 2 aromatic rings. The highest BCUT2D eigenvalue weighted by molar-refractivity contribution is 7.09. The Labute approximate surface area is 150 Å². The number of benzene rings is 1. The second-order valence-corrected chi connectivity index (χ2v) is 7.38. The Morgan fingerprint density at radius 2 is 2.21 bits per heavy atom. The summed E-state index contributed by atoms with van der Waals surface area (Å²) in [6, 6.07) is 7.81. The lowest BCUT2D eigenvalue weighted by Gasteiger charge is -2.13. The molecule has 1 aromatic heterocycles. The van der Waals surface area contributed by atoms with Crippen LogP contribution in [0.25, 0.3) is 6.08 Å². The molecule has 0 aliphatic carbocycles. The van der Waals surface area contributed by atoms with Crippen molar-refractivity contribution in [3.63, 3.8) is 0 Å². The molecule has 3 rings (SSSR count). The molecule has 0 amide bonds. The van der Waals surface area contributed by atoms with Crippen LogP contribution in [0.3, 0.4) is 0 Å². The van der Waals surface area contributed by atoms with E-state index in [2.05, 4.69) is 22.0 Å². The molecule has 4 nitrogen and oxygen atoms in total. The lowest BCUT2D eigenvalue weighted by atomic mass is 10.1. The van der Waals surface area contributed by atoms with E-state index in [0.717, 1.165) is 48.1 Å². The number of hydrogen-bond acceptors (Lipinski definition) is 4. The third kappa shape index (κ3) is 4.66. The first-order valence-electron chi connectivity index (χ1n) is 7.92. The minimum Gasteiger partial charge on any atom is -0.476 e. The zero-order chi connectivity index (χ0) is 16.9. The number of nitrogens with zero attached hydrogens (tertiary/aromatic N) is 2. The van der Waals surface area contributed by atoms with Crippen LogP contribution >= 0.6 is 22.9 Å². The summed E-state index contributed by atoms with van der Waals surface area (Å²) in [5.74, 6) is -0.389. The fourth-order valence-corrected chi connectivity index (χ4v) is 3.92. The van der Waals surface area contributed by atoms with Crippen molar-refractivity contribution in [3.8, 4) is 0 Å². The molecule has 0 bridgehead atoms. The Hall–Kier alpha value is -1.69. The number of aromatic carboxylic acids is 1. The minimum atomic E-state index is -0.946. The van der Waals surface area contributed by atoms with Crippen molar-refractivity contribution in [2.24, 2.45) is 5.92 Å². The highest BCUT2D eigenvalue weighted by Crippen LogP contribution is 2.23. The zero-order valence-corrected chi connectivity index (χ0v) is 14.8. The van der Waals surface area contributed by atoms with Gasteiger partial charge in [-0.2, -0.15) is 0 Å². The molecule has 0 spiro atoms.